The van der Waals surface area contributed by atoms with Gasteiger partial charge in [-0.05, 0) is 0 Å². The van der Waals surface area contributed by atoms with Crippen molar-refractivity contribution in [1.82, 2.24) is 16.0 Å². The first kappa shape index (κ1) is 11.7. The Bertz CT molecular complexity index is 381. The number of carboxylic acid groups (broad SMARTS) is 1. The van der Waals surface area contributed by atoms with Crippen molar-refractivity contribution in [3.63, 3.8) is 0 Å². The fourth-order valence-electron chi connectivity index (χ4n) is 1.20. The lowest BCUT2D eigenvalue weighted by molar-refractivity contribution is -0.155. The second-order valence-corrected chi connectivity index (χ2v) is 2.95. The topological polar surface area (TPSA) is 171 Å². The first-order chi connectivity index (χ1) is 7.29. The summed E-state index contributed by atoms with van der Waals surface area (Å²) in [4.78, 5) is 43.3. The van der Waals surface area contributed by atoms with Gasteiger partial charge in [0.1, 0.15) is 0 Å². The molecular weight excluding hydrogens is 224 g/mol. The van der Waals surface area contributed by atoms with E-state index in [1.807, 2.05) is 0 Å². The Hall–Kier alpha value is -2.36. The highest BCUT2D eigenvalue weighted by Crippen LogP contribution is 2.12. The van der Waals surface area contributed by atoms with E-state index in [9.17, 15) is 24.3 Å². The van der Waals surface area contributed by atoms with Crippen molar-refractivity contribution < 1.29 is 29.4 Å². The molecule has 1 heterocycles. The number of aliphatic carboxylic acids is 1. The lowest BCUT2D eigenvalue weighted by Crippen LogP contribution is -2.70. The molecule has 0 saturated carbocycles. The molecule has 0 aromatic carbocycles. The number of hydrogen-bond donors (Lipinski definition) is 6. The van der Waals surface area contributed by atoms with Gasteiger partial charge in [-0.15, -0.1) is 0 Å². The summed E-state index contributed by atoms with van der Waals surface area (Å²) in [5.74, 6) is -3.03. The number of hydrogen-bond acceptors (Lipinski definition) is 5. The van der Waals surface area contributed by atoms with E-state index in [4.69, 9.17) is 10.8 Å². The van der Waals surface area contributed by atoms with E-state index in [2.05, 4.69) is 0 Å². The summed E-state index contributed by atoms with van der Waals surface area (Å²) in [6, 6.07) is -2.34. The Labute approximate surface area is 87.8 Å². The highest BCUT2D eigenvalue weighted by atomic mass is 16.4. The van der Waals surface area contributed by atoms with Crippen LogP contribution in [0.5, 0.6) is 0 Å². The predicted molar refractivity (Wildman–Crippen MR) is 45.8 cm³/mol. The van der Waals surface area contributed by atoms with Crippen molar-refractivity contribution in [3.05, 3.63) is 0 Å². The van der Waals surface area contributed by atoms with Crippen LogP contribution in [0.25, 0.3) is 0 Å². The van der Waals surface area contributed by atoms with Crippen molar-refractivity contribution in [2.75, 3.05) is 0 Å². The monoisotopic (exact) mass is 232 g/mol. The maximum absolute atomic E-state index is 11.3. The molecule has 0 radical (unpaired) electrons. The Morgan fingerprint density at radius 1 is 1.44 bits per heavy atom. The third-order valence-electron chi connectivity index (χ3n) is 1.86. The van der Waals surface area contributed by atoms with E-state index in [-0.39, 0.29) is 0 Å². The van der Waals surface area contributed by atoms with Gasteiger partial charge >= 0.3 is 18.0 Å². The van der Waals surface area contributed by atoms with Crippen molar-refractivity contribution in [2.45, 2.75) is 11.8 Å². The zero-order valence-electron chi connectivity index (χ0n) is 7.68. The first-order valence-electron chi connectivity index (χ1n) is 3.91. The van der Waals surface area contributed by atoms with Gasteiger partial charge < -0.3 is 26.6 Å². The molecule has 1 saturated heterocycles. The van der Waals surface area contributed by atoms with Crippen LogP contribution < -0.4 is 21.7 Å². The molecule has 0 aromatic heterocycles. The highest BCUT2D eigenvalue weighted by Gasteiger charge is 2.56. The molecule has 88 valence electrons. The lowest BCUT2D eigenvalue weighted by Gasteiger charge is -2.28. The summed E-state index contributed by atoms with van der Waals surface area (Å²) in [7, 11) is 0. The zero-order chi connectivity index (χ0) is 12.5. The molecule has 5 amide bonds. The van der Waals surface area contributed by atoms with Gasteiger partial charge in [0, 0.05) is 0 Å². The first-order valence-corrected chi connectivity index (χ1v) is 3.91. The highest BCUT2D eigenvalue weighted by molar-refractivity contribution is 6.10. The van der Waals surface area contributed by atoms with Gasteiger partial charge in [0.25, 0.3) is 5.91 Å². The number of rotatable bonds is 3. The second-order valence-electron chi connectivity index (χ2n) is 2.95. The van der Waals surface area contributed by atoms with Crippen molar-refractivity contribution in [2.24, 2.45) is 5.73 Å². The van der Waals surface area contributed by atoms with E-state index in [1.54, 1.807) is 16.0 Å². The standard InChI is InChI=1S/C6H8N4O6/c7-4(15)9-6(1(11)2(12)13)3(14)8-5(16)10-6/h1,11H,(H,12,13)(H3,7,9,15)(H2,8,10,14,16). The van der Waals surface area contributed by atoms with Gasteiger partial charge in [0.15, 0.2) is 0 Å². The number of primary amides is 1. The molecule has 10 heteroatoms. The summed E-state index contributed by atoms with van der Waals surface area (Å²) >= 11 is 0. The maximum atomic E-state index is 11.3. The van der Waals surface area contributed by atoms with Crippen LogP contribution in [0.15, 0.2) is 0 Å². The number of aliphatic hydroxyl groups excluding tert-OH is 1. The van der Waals surface area contributed by atoms with E-state index in [0.717, 1.165) is 0 Å². The van der Waals surface area contributed by atoms with Crippen molar-refractivity contribution >= 4 is 23.9 Å². The van der Waals surface area contributed by atoms with Crippen LogP contribution in [0.2, 0.25) is 0 Å². The van der Waals surface area contributed by atoms with Gasteiger partial charge in [0.05, 0.1) is 0 Å². The molecule has 0 bridgehead atoms. The number of carbonyl (C=O) groups excluding carboxylic acids is 3. The second kappa shape index (κ2) is 3.66. The van der Waals surface area contributed by atoms with Crippen LogP contribution in [0.3, 0.4) is 0 Å². The third kappa shape index (κ3) is 1.72. The molecule has 1 aliphatic heterocycles. The van der Waals surface area contributed by atoms with Crippen LogP contribution in [0.1, 0.15) is 0 Å². The molecular formula is C6H8N4O6. The van der Waals surface area contributed by atoms with E-state index in [1.165, 1.54) is 0 Å². The Balaban J connectivity index is 3.12. The maximum Gasteiger partial charge on any atom is 0.337 e. The minimum absolute atomic E-state index is 1.06. The minimum Gasteiger partial charge on any atom is -0.479 e. The predicted octanol–water partition coefficient (Wildman–Crippen LogP) is -3.36. The van der Waals surface area contributed by atoms with Crippen molar-refractivity contribution in [3.8, 4) is 0 Å². The number of nitrogens with one attached hydrogen (secondary N) is 3. The third-order valence-corrected chi connectivity index (χ3v) is 1.86. The Morgan fingerprint density at radius 2 is 2.00 bits per heavy atom. The number of carbonyl (C=O) groups is 4. The van der Waals surface area contributed by atoms with Gasteiger partial charge in [-0.2, -0.15) is 0 Å². The molecule has 0 aromatic rings. The number of imide groups is 1. The number of urea groups is 2. The van der Waals surface area contributed by atoms with Crippen LogP contribution in [-0.4, -0.2) is 45.9 Å². The van der Waals surface area contributed by atoms with Gasteiger partial charge in [-0.3, -0.25) is 10.1 Å². The summed E-state index contributed by atoms with van der Waals surface area (Å²) in [5.41, 5.74) is 2.23. The molecule has 2 unspecified atom stereocenters. The van der Waals surface area contributed by atoms with Crippen LogP contribution in [0.4, 0.5) is 9.59 Å². The molecule has 2 atom stereocenters. The lowest BCUT2D eigenvalue weighted by atomic mass is 10.0. The molecule has 10 nitrogen and oxygen atoms in total. The average Bonchev–Trinajstić information content (AvgIpc) is 2.39. The van der Waals surface area contributed by atoms with Gasteiger partial charge in [0.2, 0.25) is 11.8 Å². The molecule has 7 N–H and O–H groups in total. The normalized spacial score (nSPS) is 25.6. The molecule has 0 aliphatic carbocycles. The van der Waals surface area contributed by atoms with E-state index < -0.39 is 35.7 Å². The molecule has 1 aliphatic rings. The van der Waals surface area contributed by atoms with Gasteiger partial charge in [-0.25, -0.2) is 14.4 Å². The molecule has 16 heavy (non-hydrogen) atoms. The molecule has 1 rings (SSSR count). The SMILES string of the molecule is NC(=O)NC1(C(O)C(=O)O)NC(=O)NC1=O. The summed E-state index contributed by atoms with van der Waals surface area (Å²) in [5, 5.41) is 23.0. The summed E-state index contributed by atoms with van der Waals surface area (Å²) in [6.07, 6.45) is -2.37. The van der Waals surface area contributed by atoms with Gasteiger partial charge in [-0.1, -0.05) is 0 Å². The zero-order valence-corrected chi connectivity index (χ0v) is 7.68. The Morgan fingerprint density at radius 3 is 2.31 bits per heavy atom. The quantitative estimate of drug-likeness (QED) is 0.277. The number of carboxylic acids is 1. The van der Waals surface area contributed by atoms with Crippen LogP contribution >= 0.6 is 0 Å². The average molecular weight is 232 g/mol. The van der Waals surface area contributed by atoms with Crippen molar-refractivity contribution in [1.29, 1.82) is 0 Å². The van der Waals surface area contributed by atoms with E-state index in [0.29, 0.717) is 0 Å². The number of aliphatic hydroxyl groups is 1. The number of amides is 5. The van der Waals surface area contributed by atoms with Crippen LogP contribution in [-0.2, 0) is 9.59 Å². The minimum atomic E-state index is -2.49. The largest absolute Gasteiger partial charge is 0.479 e. The summed E-state index contributed by atoms with van der Waals surface area (Å²) in [6.45, 7) is 0. The fraction of sp³-hybridized carbons (Fsp3) is 0.333. The number of nitrogens with two attached hydrogens (primary N) is 1. The van der Waals surface area contributed by atoms with Crippen LogP contribution in [0, 0.1) is 0 Å². The molecule has 0 spiro atoms. The Kier molecular flexibility index (Phi) is 2.68. The van der Waals surface area contributed by atoms with E-state index >= 15 is 0 Å². The summed E-state index contributed by atoms with van der Waals surface area (Å²) < 4.78 is 0. The smallest absolute Gasteiger partial charge is 0.337 e. The molecule has 1 fully saturated rings. The fourth-order valence-corrected chi connectivity index (χ4v) is 1.20.